The second-order valence-electron chi connectivity index (χ2n) is 5.52. The fourth-order valence-electron chi connectivity index (χ4n) is 3.04. The molecule has 0 N–H and O–H groups in total. The quantitative estimate of drug-likeness (QED) is 0.757. The molecule has 0 saturated carbocycles. The Balaban J connectivity index is 2.06. The van der Waals surface area contributed by atoms with Crippen LogP contribution in [0.15, 0.2) is 18.2 Å². The summed E-state index contributed by atoms with van der Waals surface area (Å²) < 4.78 is 0. The van der Waals surface area contributed by atoms with Crippen molar-refractivity contribution < 1.29 is 4.79 Å². The van der Waals surface area contributed by atoms with Crippen molar-refractivity contribution in [1.29, 1.82) is 0 Å². The highest BCUT2D eigenvalue weighted by atomic mass is 16.2. The summed E-state index contributed by atoms with van der Waals surface area (Å²) in [6.07, 6.45) is 2.37. The Labute approximate surface area is 108 Å². The molecule has 3 heteroatoms. The third kappa shape index (κ3) is 1.69. The van der Waals surface area contributed by atoms with Gasteiger partial charge in [-0.1, -0.05) is 26.0 Å². The maximum absolute atomic E-state index is 12.3. The van der Waals surface area contributed by atoms with Gasteiger partial charge in [0.1, 0.15) is 0 Å². The zero-order valence-corrected chi connectivity index (χ0v) is 11.1. The highest BCUT2D eigenvalue weighted by Gasteiger charge is 2.30. The first kappa shape index (κ1) is 11.6. The Kier molecular flexibility index (Phi) is 2.77. The van der Waals surface area contributed by atoms with Crippen LogP contribution in [0.3, 0.4) is 0 Å². The van der Waals surface area contributed by atoms with E-state index >= 15 is 0 Å². The molecule has 0 unspecified atom stereocenters. The van der Waals surface area contributed by atoms with Gasteiger partial charge in [0.15, 0.2) is 0 Å². The molecule has 0 bridgehead atoms. The van der Waals surface area contributed by atoms with Gasteiger partial charge in [-0.3, -0.25) is 4.79 Å². The Morgan fingerprint density at radius 3 is 2.83 bits per heavy atom. The van der Waals surface area contributed by atoms with Crippen molar-refractivity contribution in [1.82, 2.24) is 0 Å². The molecule has 0 fully saturated rings. The second kappa shape index (κ2) is 4.30. The van der Waals surface area contributed by atoms with Crippen molar-refractivity contribution in [2.45, 2.75) is 26.7 Å². The van der Waals surface area contributed by atoms with E-state index in [1.165, 1.54) is 17.7 Å². The first-order valence-electron chi connectivity index (χ1n) is 6.86. The summed E-state index contributed by atoms with van der Waals surface area (Å²) in [5.74, 6) is 0.310. The molecule has 3 nitrogen and oxygen atoms in total. The van der Waals surface area contributed by atoms with Gasteiger partial charge >= 0.3 is 0 Å². The highest BCUT2D eigenvalue weighted by molar-refractivity contribution is 5.99. The van der Waals surface area contributed by atoms with Crippen LogP contribution in [0.4, 0.5) is 11.4 Å². The number of carbonyl (C=O) groups is 1. The Morgan fingerprint density at radius 1 is 1.22 bits per heavy atom. The van der Waals surface area contributed by atoms with Crippen molar-refractivity contribution in [3.63, 3.8) is 0 Å². The number of carbonyl (C=O) groups excluding carboxylic acids is 1. The predicted octanol–water partition coefficient (Wildman–Crippen LogP) is 2.44. The van der Waals surface area contributed by atoms with Crippen LogP contribution in [-0.4, -0.2) is 25.5 Å². The molecular formula is C15H20N2O. The number of anilines is 2. The maximum atomic E-state index is 12.3. The molecule has 0 saturated heterocycles. The minimum absolute atomic E-state index is 0.0657. The van der Waals surface area contributed by atoms with Crippen LogP contribution in [0.5, 0.6) is 0 Å². The minimum Gasteiger partial charge on any atom is -0.368 e. The molecule has 3 rings (SSSR count). The van der Waals surface area contributed by atoms with E-state index in [2.05, 4.69) is 23.1 Å². The van der Waals surface area contributed by atoms with Crippen LogP contribution in [-0.2, 0) is 11.2 Å². The molecule has 0 aromatic heterocycles. The number of aryl methyl sites for hydroxylation is 1. The summed E-state index contributed by atoms with van der Waals surface area (Å²) in [6, 6.07) is 6.38. The molecule has 1 aromatic carbocycles. The fraction of sp³-hybridized carbons (Fsp3) is 0.533. The van der Waals surface area contributed by atoms with Crippen LogP contribution in [0.2, 0.25) is 0 Å². The standard InChI is InChI=1S/C15H20N2O/c1-11(2)15(18)17-10-9-16-8-4-6-12-5-3-7-13(17)14(12)16/h3,5,7,11H,4,6,8-10H2,1-2H3. The molecular weight excluding hydrogens is 224 g/mol. The fourth-order valence-corrected chi connectivity index (χ4v) is 3.04. The van der Waals surface area contributed by atoms with E-state index in [4.69, 9.17) is 0 Å². The molecule has 0 spiro atoms. The molecule has 2 aliphatic heterocycles. The van der Waals surface area contributed by atoms with E-state index in [1.807, 2.05) is 18.7 Å². The topological polar surface area (TPSA) is 23.6 Å². The number of rotatable bonds is 1. The lowest BCUT2D eigenvalue weighted by Gasteiger charge is -2.41. The summed E-state index contributed by atoms with van der Waals surface area (Å²) >= 11 is 0. The normalized spacial score (nSPS) is 17.9. The third-order valence-electron chi connectivity index (χ3n) is 3.93. The van der Waals surface area contributed by atoms with Crippen molar-refractivity contribution in [3.05, 3.63) is 23.8 Å². The van der Waals surface area contributed by atoms with Crippen molar-refractivity contribution >= 4 is 17.3 Å². The second-order valence-corrected chi connectivity index (χ2v) is 5.52. The molecule has 0 atom stereocenters. The molecule has 0 radical (unpaired) electrons. The number of amides is 1. The van der Waals surface area contributed by atoms with Crippen molar-refractivity contribution in [3.8, 4) is 0 Å². The van der Waals surface area contributed by atoms with Gasteiger partial charge in [0.2, 0.25) is 5.91 Å². The van der Waals surface area contributed by atoms with Crippen LogP contribution >= 0.6 is 0 Å². The van der Waals surface area contributed by atoms with Crippen LogP contribution < -0.4 is 9.80 Å². The molecule has 1 aromatic rings. The van der Waals surface area contributed by atoms with E-state index < -0.39 is 0 Å². The highest BCUT2D eigenvalue weighted by Crippen LogP contribution is 2.39. The van der Waals surface area contributed by atoms with Gasteiger partial charge in [-0.15, -0.1) is 0 Å². The van der Waals surface area contributed by atoms with E-state index in [0.717, 1.165) is 31.7 Å². The molecule has 2 heterocycles. The van der Waals surface area contributed by atoms with Crippen molar-refractivity contribution in [2.24, 2.45) is 5.92 Å². The first-order chi connectivity index (χ1) is 8.68. The van der Waals surface area contributed by atoms with Gasteiger partial charge in [0.05, 0.1) is 11.4 Å². The van der Waals surface area contributed by atoms with Gasteiger partial charge in [0.25, 0.3) is 0 Å². The van der Waals surface area contributed by atoms with Crippen LogP contribution in [0, 0.1) is 5.92 Å². The summed E-state index contributed by atoms with van der Waals surface area (Å²) in [7, 11) is 0. The third-order valence-corrected chi connectivity index (χ3v) is 3.93. The smallest absolute Gasteiger partial charge is 0.229 e. The first-order valence-corrected chi connectivity index (χ1v) is 6.86. The van der Waals surface area contributed by atoms with Crippen LogP contribution in [0.25, 0.3) is 0 Å². The van der Waals surface area contributed by atoms with E-state index in [9.17, 15) is 4.79 Å². The van der Waals surface area contributed by atoms with Gasteiger partial charge < -0.3 is 9.80 Å². The largest absolute Gasteiger partial charge is 0.368 e. The van der Waals surface area contributed by atoms with E-state index in [1.54, 1.807) is 0 Å². The average molecular weight is 244 g/mol. The van der Waals surface area contributed by atoms with Crippen molar-refractivity contribution in [2.75, 3.05) is 29.4 Å². The number of nitrogens with zero attached hydrogens (tertiary/aromatic N) is 2. The molecule has 0 aliphatic carbocycles. The lowest BCUT2D eigenvalue weighted by molar-refractivity contribution is -0.121. The van der Waals surface area contributed by atoms with E-state index in [-0.39, 0.29) is 11.8 Å². The number of hydrogen-bond donors (Lipinski definition) is 0. The Hall–Kier alpha value is -1.51. The van der Waals surface area contributed by atoms with E-state index in [0.29, 0.717) is 0 Å². The molecule has 18 heavy (non-hydrogen) atoms. The van der Waals surface area contributed by atoms with Gasteiger partial charge in [-0.2, -0.15) is 0 Å². The van der Waals surface area contributed by atoms with Gasteiger partial charge in [-0.25, -0.2) is 0 Å². The Bertz CT molecular complexity index is 481. The summed E-state index contributed by atoms with van der Waals surface area (Å²) in [5.41, 5.74) is 3.83. The average Bonchev–Trinajstić information content (AvgIpc) is 2.39. The molecule has 2 aliphatic rings. The monoisotopic (exact) mass is 244 g/mol. The van der Waals surface area contributed by atoms with Gasteiger partial charge in [0, 0.05) is 25.6 Å². The zero-order chi connectivity index (χ0) is 12.7. The Morgan fingerprint density at radius 2 is 2.06 bits per heavy atom. The van der Waals surface area contributed by atoms with Gasteiger partial charge in [-0.05, 0) is 24.5 Å². The summed E-state index contributed by atoms with van der Waals surface area (Å²) in [6.45, 7) is 6.89. The lowest BCUT2D eigenvalue weighted by Crippen LogP contribution is -2.47. The zero-order valence-electron chi connectivity index (χ0n) is 11.1. The number of benzene rings is 1. The number of para-hydroxylation sites is 1. The molecule has 96 valence electrons. The maximum Gasteiger partial charge on any atom is 0.229 e. The predicted molar refractivity (Wildman–Crippen MR) is 74.2 cm³/mol. The van der Waals surface area contributed by atoms with Crippen LogP contribution in [0.1, 0.15) is 25.8 Å². The SMILES string of the molecule is CC(C)C(=O)N1CCN2CCCc3cccc1c32. The minimum atomic E-state index is 0.0657. The summed E-state index contributed by atoms with van der Waals surface area (Å²) in [5, 5.41) is 0. The number of hydrogen-bond acceptors (Lipinski definition) is 2. The summed E-state index contributed by atoms with van der Waals surface area (Å²) in [4.78, 5) is 16.7. The lowest BCUT2D eigenvalue weighted by atomic mass is 9.97. The molecule has 1 amide bonds.